The SMILES string of the molecule is COc1cc(C)cc(C)c1C(NN)N(C)C. The van der Waals surface area contributed by atoms with Crippen LogP contribution in [-0.4, -0.2) is 26.1 Å². The van der Waals surface area contributed by atoms with Crippen molar-refractivity contribution in [3.8, 4) is 5.75 Å². The van der Waals surface area contributed by atoms with Crippen molar-refractivity contribution in [3.63, 3.8) is 0 Å². The number of aryl methyl sites for hydroxylation is 2. The third kappa shape index (κ3) is 2.52. The van der Waals surface area contributed by atoms with Crippen molar-refractivity contribution in [2.75, 3.05) is 21.2 Å². The summed E-state index contributed by atoms with van der Waals surface area (Å²) in [5.41, 5.74) is 6.24. The maximum absolute atomic E-state index is 5.59. The summed E-state index contributed by atoms with van der Waals surface area (Å²) in [4.78, 5) is 2.01. The van der Waals surface area contributed by atoms with Crippen molar-refractivity contribution in [1.82, 2.24) is 10.3 Å². The van der Waals surface area contributed by atoms with Crippen LogP contribution in [0.3, 0.4) is 0 Å². The van der Waals surface area contributed by atoms with E-state index in [0.29, 0.717) is 0 Å². The molecule has 0 aromatic heterocycles. The number of nitrogens with two attached hydrogens (primary N) is 1. The van der Waals surface area contributed by atoms with Crippen LogP contribution in [0.2, 0.25) is 0 Å². The zero-order valence-corrected chi connectivity index (χ0v) is 10.7. The second-order valence-electron chi connectivity index (χ2n) is 4.23. The molecule has 1 rings (SSSR count). The van der Waals surface area contributed by atoms with Gasteiger partial charge >= 0.3 is 0 Å². The first-order chi connectivity index (χ1) is 7.51. The first-order valence-corrected chi connectivity index (χ1v) is 5.29. The third-order valence-electron chi connectivity index (χ3n) is 2.66. The summed E-state index contributed by atoms with van der Waals surface area (Å²) in [5.74, 6) is 6.46. The van der Waals surface area contributed by atoms with E-state index in [2.05, 4.69) is 25.3 Å². The van der Waals surface area contributed by atoms with Gasteiger partial charge < -0.3 is 4.74 Å². The number of hydrazine groups is 1. The normalized spacial score (nSPS) is 12.9. The van der Waals surface area contributed by atoms with Gasteiger partial charge in [-0.05, 0) is 45.1 Å². The molecule has 0 heterocycles. The maximum Gasteiger partial charge on any atom is 0.125 e. The second kappa shape index (κ2) is 5.30. The number of hydrogen-bond acceptors (Lipinski definition) is 4. The number of ether oxygens (including phenoxy) is 1. The molecule has 0 aliphatic rings. The lowest BCUT2D eigenvalue weighted by atomic mass is 10.0. The predicted molar refractivity (Wildman–Crippen MR) is 66.2 cm³/mol. The Labute approximate surface area is 97.4 Å². The van der Waals surface area contributed by atoms with Gasteiger partial charge in [-0.1, -0.05) is 6.07 Å². The molecule has 0 fully saturated rings. The van der Waals surface area contributed by atoms with E-state index in [9.17, 15) is 0 Å². The Kier molecular flexibility index (Phi) is 4.29. The van der Waals surface area contributed by atoms with Gasteiger partial charge in [-0.2, -0.15) is 0 Å². The van der Waals surface area contributed by atoms with E-state index < -0.39 is 0 Å². The van der Waals surface area contributed by atoms with E-state index in [1.165, 1.54) is 11.1 Å². The molecule has 0 aliphatic heterocycles. The van der Waals surface area contributed by atoms with Crippen LogP contribution in [0.15, 0.2) is 12.1 Å². The zero-order valence-electron chi connectivity index (χ0n) is 10.7. The minimum atomic E-state index is -0.0458. The lowest BCUT2D eigenvalue weighted by molar-refractivity contribution is 0.244. The number of rotatable bonds is 4. The van der Waals surface area contributed by atoms with Gasteiger partial charge in [-0.25, -0.2) is 5.43 Å². The van der Waals surface area contributed by atoms with Crippen molar-refractivity contribution in [3.05, 3.63) is 28.8 Å². The van der Waals surface area contributed by atoms with Crippen LogP contribution in [0, 0.1) is 13.8 Å². The summed E-state index contributed by atoms with van der Waals surface area (Å²) < 4.78 is 5.42. The Morgan fingerprint density at radius 2 is 1.94 bits per heavy atom. The molecule has 0 aliphatic carbocycles. The first-order valence-electron chi connectivity index (χ1n) is 5.29. The van der Waals surface area contributed by atoms with E-state index in [-0.39, 0.29) is 6.17 Å². The highest BCUT2D eigenvalue weighted by atomic mass is 16.5. The summed E-state index contributed by atoms with van der Waals surface area (Å²) in [6.07, 6.45) is -0.0458. The van der Waals surface area contributed by atoms with Crippen molar-refractivity contribution in [1.29, 1.82) is 0 Å². The quantitative estimate of drug-likeness (QED) is 0.459. The van der Waals surface area contributed by atoms with E-state index in [4.69, 9.17) is 10.6 Å². The van der Waals surface area contributed by atoms with E-state index in [1.54, 1.807) is 7.11 Å². The van der Waals surface area contributed by atoms with Gasteiger partial charge in [0.25, 0.3) is 0 Å². The largest absolute Gasteiger partial charge is 0.496 e. The lowest BCUT2D eigenvalue weighted by Gasteiger charge is -2.27. The molecule has 0 radical (unpaired) electrons. The average Bonchev–Trinajstić information content (AvgIpc) is 2.21. The number of methoxy groups -OCH3 is 1. The van der Waals surface area contributed by atoms with Gasteiger partial charge in [0.15, 0.2) is 0 Å². The minimum Gasteiger partial charge on any atom is -0.496 e. The molecule has 1 atom stereocenters. The molecular formula is C12H21N3O. The molecule has 16 heavy (non-hydrogen) atoms. The highest BCUT2D eigenvalue weighted by Crippen LogP contribution is 2.30. The summed E-state index contributed by atoms with van der Waals surface area (Å²) in [6, 6.07) is 4.15. The molecule has 0 saturated heterocycles. The fourth-order valence-electron chi connectivity index (χ4n) is 1.95. The Balaban J connectivity index is 3.29. The molecule has 3 N–H and O–H groups in total. The predicted octanol–water partition coefficient (Wildman–Crippen LogP) is 1.34. The molecule has 1 unspecified atom stereocenters. The third-order valence-corrected chi connectivity index (χ3v) is 2.66. The molecule has 1 aromatic rings. The van der Waals surface area contributed by atoms with Gasteiger partial charge in [0, 0.05) is 5.56 Å². The lowest BCUT2D eigenvalue weighted by Crippen LogP contribution is -2.38. The average molecular weight is 223 g/mol. The zero-order chi connectivity index (χ0) is 12.3. The Bertz CT molecular complexity index is 364. The molecule has 0 bridgehead atoms. The Hall–Kier alpha value is -1.10. The highest BCUT2D eigenvalue weighted by Gasteiger charge is 2.19. The summed E-state index contributed by atoms with van der Waals surface area (Å²) in [5, 5.41) is 0. The van der Waals surface area contributed by atoms with Crippen LogP contribution in [0.5, 0.6) is 5.75 Å². The standard InChI is InChI=1S/C12H21N3O/c1-8-6-9(2)11(10(7-8)16-5)12(14-13)15(3)4/h6-7,12,14H,13H2,1-5H3. The molecular weight excluding hydrogens is 202 g/mol. The second-order valence-corrected chi connectivity index (χ2v) is 4.23. The van der Waals surface area contributed by atoms with Crippen molar-refractivity contribution in [2.24, 2.45) is 5.84 Å². The fourth-order valence-corrected chi connectivity index (χ4v) is 1.95. The van der Waals surface area contributed by atoms with Gasteiger partial charge in [0.05, 0.1) is 7.11 Å². The van der Waals surface area contributed by atoms with Crippen LogP contribution in [0.1, 0.15) is 22.9 Å². The first kappa shape index (κ1) is 13.0. The Morgan fingerprint density at radius 3 is 2.38 bits per heavy atom. The monoisotopic (exact) mass is 223 g/mol. The van der Waals surface area contributed by atoms with Gasteiger partial charge in [-0.3, -0.25) is 10.7 Å². The smallest absolute Gasteiger partial charge is 0.125 e. The molecule has 1 aromatic carbocycles. The van der Waals surface area contributed by atoms with Gasteiger partial charge in [-0.15, -0.1) is 0 Å². The van der Waals surface area contributed by atoms with Crippen LogP contribution in [0.25, 0.3) is 0 Å². The number of nitrogens with one attached hydrogen (secondary N) is 1. The highest BCUT2D eigenvalue weighted by molar-refractivity contribution is 5.44. The van der Waals surface area contributed by atoms with Gasteiger partial charge in [0.2, 0.25) is 0 Å². The van der Waals surface area contributed by atoms with Crippen molar-refractivity contribution >= 4 is 0 Å². The molecule has 0 spiro atoms. The number of benzene rings is 1. The number of nitrogens with zero attached hydrogens (tertiary/aromatic N) is 1. The minimum absolute atomic E-state index is 0.0458. The maximum atomic E-state index is 5.59. The van der Waals surface area contributed by atoms with Crippen LogP contribution < -0.4 is 16.0 Å². The molecule has 90 valence electrons. The molecule has 4 nitrogen and oxygen atoms in total. The topological polar surface area (TPSA) is 50.5 Å². The van der Waals surface area contributed by atoms with E-state index in [0.717, 1.165) is 11.3 Å². The van der Waals surface area contributed by atoms with E-state index >= 15 is 0 Å². The van der Waals surface area contributed by atoms with Crippen LogP contribution in [0.4, 0.5) is 0 Å². The van der Waals surface area contributed by atoms with Crippen LogP contribution >= 0.6 is 0 Å². The summed E-state index contributed by atoms with van der Waals surface area (Å²) in [7, 11) is 5.63. The van der Waals surface area contributed by atoms with Crippen LogP contribution in [-0.2, 0) is 0 Å². The van der Waals surface area contributed by atoms with Crippen molar-refractivity contribution in [2.45, 2.75) is 20.0 Å². The molecule has 4 heteroatoms. The number of hydrogen-bond donors (Lipinski definition) is 2. The Morgan fingerprint density at radius 1 is 1.31 bits per heavy atom. The van der Waals surface area contributed by atoms with E-state index in [1.807, 2.05) is 25.1 Å². The fraction of sp³-hybridized carbons (Fsp3) is 0.500. The van der Waals surface area contributed by atoms with Gasteiger partial charge in [0.1, 0.15) is 11.9 Å². The summed E-state index contributed by atoms with van der Waals surface area (Å²) >= 11 is 0. The van der Waals surface area contributed by atoms with Crippen molar-refractivity contribution < 1.29 is 4.74 Å². The summed E-state index contributed by atoms with van der Waals surface area (Å²) in [6.45, 7) is 4.12. The molecule has 0 saturated carbocycles. The molecule has 0 amide bonds.